The molecule has 4 N–H and O–H groups in total. The molecule has 0 saturated heterocycles. The van der Waals surface area contributed by atoms with Gasteiger partial charge in [0, 0.05) is 30.5 Å². The topological polar surface area (TPSA) is 123 Å². The van der Waals surface area contributed by atoms with Crippen LogP contribution in [0.3, 0.4) is 0 Å². The van der Waals surface area contributed by atoms with Gasteiger partial charge < -0.3 is 30.4 Å². The van der Waals surface area contributed by atoms with E-state index in [1.807, 2.05) is 43.3 Å². The van der Waals surface area contributed by atoms with Crippen molar-refractivity contribution in [3.05, 3.63) is 83.2 Å². The number of hydrogen-bond donors (Lipinski definition) is 3. The number of benzene rings is 3. The molecular weight excluding hydrogens is 553 g/mol. The molecule has 0 atom stereocenters. The van der Waals surface area contributed by atoms with Crippen LogP contribution in [0.4, 0.5) is 11.4 Å². The summed E-state index contributed by atoms with van der Waals surface area (Å²) in [7, 11) is 3.19. The first-order valence-corrected chi connectivity index (χ1v) is 12.5. The first-order chi connectivity index (χ1) is 18.4. The highest BCUT2D eigenvalue weighted by Crippen LogP contribution is 2.27. The van der Waals surface area contributed by atoms with Gasteiger partial charge in [0.05, 0.1) is 30.5 Å². The number of anilines is 2. The second-order valence-electron chi connectivity index (χ2n) is 8.93. The molecule has 214 valence electrons. The van der Waals surface area contributed by atoms with E-state index >= 15 is 0 Å². The average molecular weight is 589 g/mol. The number of halogens is 2. The predicted octanol–water partition coefficient (Wildman–Crippen LogP) is 5.51. The Morgan fingerprint density at radius 2 is 1.82 bits per heavy atom. The summed E-state index contributed by atoms with van der Waals surface area (Å²) in [6, 6.07) is 18.0. The number of methoxy groups -OCH3 is 1. The second-order valence-corrected chi connectivity index (χ2v) is 8.93. The molecule has 40 heavy (non-hydrogen) atoms. The van der Waals surface area contributed by atoms with Crippen LogP contribution in [-0.4, -0.2) is 49.1 Å². The maximum absolute atomic E-state index is 13.4. The standard InChI is InChI=1S/C29H33N5O4.2ClH/c1-19-31-23-10-8-11-24(27(23)32-19)33-28(35)22-14-13-20(17-26(22)37-3)29(36)34(2)25-12-5-4-9-21(25)18-38-16-7-6-15-30;;/h4-5,8-14,17H,6-7,15-16,18,30H2,1-3H3,(H,31,32)(H,33,35);2*1H. The van der Waals surface area contributed by atoms with Crippen molar-refractivity contribution in [2.45, 2.75) is 26.4 Å². The zero-order valence-corrected chi connectivity index (χ0v) is 24.4. The molecule has 2 amide bonds. The molecule has 0 aliphatic carbocycles. The number of rotatable bonds is 11. The fourth-order valence-corrected chi connectivity index (χ4v) is 4.25. The van der Waals surface area contributed by atoms with E-state index in [0.29, 0.717) is 47.8 Å². The number of carbonyl (C=O) groups is 2. The highest BCUT2D eigenvalue weighted by Gasteiger charge is 2.21. The zero-order valence-electron chi connectivity index (χ0n) is 22.7. The van der Waals surface area contributed by atoms with Gasteiger partial charge in [0.25, 0.3) is 11.8 Å². The Balaban J connectivity index is 0.00000280. The van der Waals surface area contributed by atoms with Gasteiger partial charge in [-0.1, -0.05) is 24.3 Å². The van der Waals surface area contributed by atoms with Gasteiger partial charge >= 0.3 is 0 Å². The molecule has 0 bridgehead atoms. The second kappa shape index (κ2) is 15.2. The molecule has 0 spiro atoms. The third-order valence-electron chi connectivity index (χ3n) is 6.23. The Morgan fingerprint density at radius 1 is 1.05 bits per heavy atom. The Kier molecular flexibility index (Phi) is 12.4. The minimum atomic E-state index is -0.362. The number of nitrogens with two attached hydrogens (primary N) is 1. The average Bonchev–Trinajstić information content (AvgIpc) is 3.33. The van der Waals surface area contributed by atoms with Gasteiger partial charge in [-0.15, -0.1) is 24.8 Å². The molecule has 0 saturated carbocycles. The molecule has 4 aromatic rings. The number of nitrogens with one attached hydrogen (secondary N) is 2. The highest BCUT2D eigenvalue weighted by atomic mass is 35.5. The summed E-state index contributed by atoms with van der Waals surface area (Å²) in [4.78, 5) is 35.7. The van der Waals surface area contributed by atoms with Crippen LogP contribution in [0.1, 0.15) is 44.9 Å². The van der Waals surface area contributed by atoms with Crippen LogP contribution in [-0.2, 0) is 11.3 Å². The number of amides is 2. The van der Waals surface area contributed by atoms with Crippen molar-refractivity contribution < 1.29 is 19.1 Å². The molecule has 0 radical (unpaired) electrons. The van der Waals surface area contributed by atoms with E-state index in [9.17, 15) is 9.59 Å². The summed E-state index contributed by atoms with van der Waals surface area (Å²) < 4.78 is 11.3. The van der Waals surface area contributed by atoms with Crippen molar-refractivity contribution in [1.82, 2.24) is 9.97 Å². The molecule has 3 aromatic carbocycles. The number of carbonyl (C=O) groups excluding carboxylic acids is 2. The lowest BCUT2D eigenvalue weighted by Crippen LogP contribution is -2.27. The van der Waals surface area contributed by atoms with Crippen molar-refractivity contribution in [2.24, 2.45) is 5.73 Å². The van der Waals surface area contributed by atoms with E-state index < -0.39 is 0 Å². The van der Waals surface area contributed by atoms with E-state index in [0.717, 1.165) is 35.4 Å². The van der Waals surface area contributed by atoms with Crippen molar-refractivity contribution >= 4 is 59.0 Å². The molecule has 9 nitrogen and oxygen atoms in total. The smallest absolute Gasteiger partial charge is 0.259 e. The summed E-state index contributed by atoms with van der Waals surface area (Å²) in [5, 5.41) is 2.91. The van der Waals surface area contributed by atoms with Crippen molar-refractivity contribution in [1.29, 1.82) is 0 Å². The summed E-state index contributed by atoms with van der Waals surface area (Å²) in [6.45, 7) is 3.50. The van der Waals surface area contributed by atoms with Crippen LogP contribution >= 0.6 is 24.8 Å². The van der Waals surface area contributed by atoms with Crippen molar-refractivity contribution in [3.8, 4) is 5.75 Å². The van der Waals surface area contributed by atoms with Crippen LogP contribution in [0.5, 0.6) is 5.75 Å². The summed E-state index contributed by atoms with van der Waals surface area (Å²) in [5.41, 5.74) is 9.99. The third-order valence-corrected chi connectivity index (χ3v) is 6.23. The maximum atomic E-state index is 13.4. The SMILES string of the molecule is COc1cc(C(=O)N(C)c2ccccc2COCCCCN)ccc1C(=O)Nc1cccc2[nH]c(C)nc12.Cl.Cl. The summed E-state index contributed by atoms with van der Waals surface area (Å²) in [6.07, 6.45) is 1.80. The fraction of sp³-hybridized carbons (Fsp3) is 0.276. The number of nitrogens with zero attached hydrogens (tertiary/aromatic N) is 2. The zero-order chi connectivity index (χ0) is 27.1. The quantitative estimate of drug-likeness (QED) is 0.199. The lowest BCUT2D eigenvalue weighted by molar-refractivity contribution is 0.0985. The Morgan fingerprint density at radius 3 is 2.58 bits per heavy atom. The van der Waals surface area contributed by atoms with E-state index in [1.165, 1.54) is 7.11 Å². The van der Waals surface area contributed by atoms with Gasteiger partial charge in [-0.2, -0.15) is 0 Å². The molecule has 1 heterocycles. The monoisotopic (exact) mass is 587 g/mol. The van der Waals surface area contributed by atoms with Gasteiger partial charge in [0.1, 0.15) is 17.1 Å². The third kappa shape index (κ3) is 7.51. The van der Waals surface area contributed by atoms with Crippen molar-refractivity contribution in [2.75, 3.05) is 37.5 Å². The number of aromatic nitrogens is 2. The number of ether oxygens (including phenoxy) is 2. The number of unbranched alkanes of at least 4 members (excludes halogenated alkanes) is 1. The predicted molar refractivity (Wildman–Crippen MR) is 163 cm³/mol. The number of para-hydroxylation sites is 2. The molecule has 0 aliphatic rings. The minimum absolute atomic E-state index is 0. The van der Waals surface area contributed by atoms with Crippen LogP contribution < -0.4 is 20.7 Å². The number of aryl methyl sites for hydroxylation is 1. The van der Waals surface area contributed by atoms with E-state index in [1.54, 1.807) is 36.2 Å². The van der Waals surface area contributed by atoms with E-state index in [2.05, 4.69) is 15.3 Å². The first-order valence-electron chi connectivity index (χ1n) is 12.5. The van der Waals surface area contributed by atoms with Gasteiger partial charge in [0.15, 0.2) is 0 Å². The number of imidazole rings is 1. The number of H-pyrrole nitrogens is 1. The summed E-state index contributed by atoms with van der Waals surface area (Å²) >= 11 is 0. The maximum Gasteiger partial charge on any atom is 0.259 e. The summed E-state index contributed by atoms with van der Waals surface area (Å²) in [5.74, 6) is 0.455. The molecule has 11 heteroatoms. The van der Waals surface area contributed by atoms with E-state index in [4.69, 9.17) is 15.2 Å². The number of fused-ring (bicyclic) bond motifs is 1. The van der Waals surface area contributed by atoms with Crippen LogP contribution in [0.15, 0.2) is 60.7 Å². The van der Waals surface area contributed by atoms with Gasteiger partial charge in [-0.25, -0.2) is 4.98 Å². The van der Waals surface area contributed by atoms with Crippen molar-refractivity contribution in [3.63, 3.8) is 0 Å². The molecule has 4 rings (SSSR count). The Hall–Kier alpha value is -3.63. The molecule has 0 unspecified atom stereocenters. The van der Waals surface area contributed by atoms with Gasteiger partial charge in [-0.05, 0) is 62.7 Å². The fourth-order valence-electron chi connectivity index (χ4n) is 4.25. The lowest BCUT2D eigenvalue weighted by Gasteiger charge is -2.21. The number of aromatic amines is 1. The van der Waals surface area contributed by atoms with Gasteiger partial charge in [-0.3, -0.25) is 9.59 Å². The Labute approximate surface area is 246 Å². The van der Waals surface area contributed by atoms with Crippen LogP contribution in [0, 0.1) is 6.92 Å². The lowest BCUT2D eigenvalue weighted by atomic mass is 10.1. The molecule has 0 fully saturated rings. The first kappa shape index (κ1) is 32.6. The highest BCUT2D eigenvalue weighted by molar-refractivity contribution is 6.11. The van der Waals surface area contributed by atoms with E-state index in [-0.39, 0.29) is 36.6 Å². The molecule has 1 aromatic heterocycles. The Bertz CT molecular complexity index is 1440. The number of hydrogen-bond acceptors (Lipinski definition) is 6. The molecule has 0 aliphatic heterocycles. The van der Waals surface area contributed by atoms with Crippen LogP contribution in [0.2, 0.25) is 0 Å². The minimum Gasteiger partial charge on any atom is -0.496 e. The molecular formula is C29H35Cl2N5O4. The largest absolute Gasteiger partial charge is 0.496 e. The van der Waals surface area contributed by atoms with Crippen LogP contribution in [0.25, 0.3) is 11.0 Å². The van der Waals surface area contributed by atoms with Gasteiger partial charge in [0.2, 0.25) is 0 Å². The normalized spacial score (nSPS) is 10.4.